The second kappa shape index (κ2) is 33.1. The number of hydrogen-bond acceptors (Lipinski definition) is 22. The topological polar surface area (TPSA) is 378 Å². The normalized spacial score (nSPS) is 22.7. The van der Waals surface area contributed by atoms with Gasteiger partial charge in [-0.3, -0.25) is 38.8 Å². The first kappa shape index (κ1) is 83.0. The molecule has 46 heteroatoms. The van der Waals surface area contributed by atoms with Gasteiger partial charge in [-0.15, -0.1) is 0 Å². The number of alkyl halides is 17. The van der Waals surface area contributed by atoms with Crippen molar-refractivity contribution in [2.45, 2.75) is 116 Å². The molecule has 0 aliphatic carbocycles. The minimum Gasteiger partial charge on any atom is -0.549 e. The van der Waals surface area contributed by atoms with Crippen LogP contribution in [0.25, 0.3) is 0 Å². The third-order valence-corrected chi connectivity index (χ3v) is 16.2. The zero-order chi connectivity index (χ0) is 69.1. The molecule has 1 unspecified atom stereocenters. The van der Waals surface area contributed by atoms with Gasteiger partial charge in [0, 0.05) is 105 Å². The maximum Gasteiger partial charge on any atom is 3.00 e. The molecule has 0 aromatic rings. The molecule has 3 heterocycles. The molecule has 3 rings (SSSR count). The van der Waals surface area contributed by atoms with Crippen LogP contribution in [0.2, 0.25) is 0 Å². The zero-order valence-electron chi connectivity index (χ0n) is 47.0. The van der Waals surface area contributed by atoms with Gasteiger partial charge in [0.1, 0.15) is 37.1 Å². The summed E-state index contributed by atoms with van der Waals surface area (Å²) in [4.78, 5) is 93.7. The molecular formula is C45H61F17GdN9O18S. The van der Waals surface area contributed by atoms with E-state index in [2.05, 4.69) is 16.0 Å². The number of hydrogen-bond donors (Lipinski definition) is 7. The second-order valence-electron chi connectivity index (χ2n) is 20.5. The Kier molecular flexibility index (Phi) is 30.2. The minimum atomic E-state index is -9.08. The summed E-state index contributed by atoms with van der Waals surface area (Å²) in [7, 11) is -7.73. The van der Waals surface area contributed by atoms with E-state index in [1.54, 1.807) is 0 Å². The van der Waals surface area contributed by atoms with Gasteiger partial charge in [0.2, 0.25) is 23.6 Å². The molecule has 3 aliphatic rings. The molecule has 91 heavy (non-hydrogen) atoms. The molecule has 3 aliphatic heterocycles. The fraction of sp³-hybridized carbons (Fsp3) is 0.844. The van der Waals surface area contributed by atoms with E-state index in [1.165, 1.54) is 26.5 Å². The third-order valence-electron chi connectivity index (χ3n) is 14.3. The van der Waals surface area contributed by atoms with Gasteiger partial charge in [-0.1, -0.05) is 0 Å². The van der Waals surface area contributed by atoms with Crippen LogP contribution < -0.4 is 31.3 Å². The maximum absolute atomic E-state index is 15.1. The molecule has 7 N–H and O–H groups in total. The summed E-state index contributed by atoms with van der Waals surface area (Å²) in [5, 5.41) is 73.1. The van der Waals surface area contributed by atoms with Crippen LogP contribution in [0.15, 0.2) is 0 Å². The van der Waals surface area contributed by atoms with Crippen molar-refractivity contribution in [2.75, 3.05) is 124 Å². The number of halogens is 17. The molecule has 0 saturated carbocycles. The van der Waals surface area contributed by atoms with E-state index in [0.29, 0.717) is 4.90 Å². The van der Waals surface area contributed by atoms with Crippen molar-refractivity contribution in [3.8, 4) is 0 Å². The van der Waals surface area contributed by atoms with E-state index in [-0.39, 0.29) is 112 Å². The summed E-state index contributed by atoms with van der Waals surface area (Å²) in [5.74, 6) is -61.8. The molecule has 1 radical (unpaired) electrons. The number of ether oxygens (including phenoxy) is 2. The Morgan fingerprint density at radius 3 is 1.44 bits per heavy atom. The number of aliphatic carboxylic acids is 3. The molecule has 27 nitrogen and oxygen atoms in total. The molecular weight excluding hydrogens is 1470 g/mol. The summed E-state index contributed by atoms with van der Waals surface area (Å²) < 4.78 is 272. The molecule has 4 amide bonds. The van der Waals surface area contributed by atoms with Gasteiger partial charge in [-0.2, -0.15) is 78.9 Å². The fourth-order valence-corrected chi connectivity index (χ4v) is 10.3. The van der Waals surface area contributed by atoms with Gasteiger partial charge < -0.3 is 80.5 Å². The predicted molar refractivity (Wildman–Crippen MR) is 255 cm³/mol. The monoisotopic (exact) mass is 1530 g/mol. The van der Waals surface area contributed by atoms with Crippen LogP contribution in [0.5, 0.6) is 0 Å². The van der Waals surface area contributed by atoms with Crippen molar-refractivity contribution >= 4 is 51.6 Å². The molecule has 527 valence electrons. The van der Waals surface area contributed by atoms with Gasteiger partial charge in [0.25, 0.3) is 10.0 Å². The maximum atomic E-state index is 15.1. The van der Waals surface area contributed by atoms with Crippen molar-refractivity contribution < 1.29 is 202 Å². The van der Waals surface area contributed by atoms with E-state index in [9.17, 15) is 144 Å². The molecule has 0 aromatic heterocycles. The Hall–Kier alpha value is -4.07. The van der Waals surface area contributed by atoms with Gasteiger partial charge in [-0.25, -0.2) is 8.42 Å². The van der Waals surface area contributed by atoms with Gasteiger partial charge in [0.15, 0.2) is 6.29 Å². The quantitative estimate of drug-likeness (QED) is 0.0271. The van der Waals surface area contributed by atoms with Crippen LogP contribution in [0, 0.1) is 39.9 Å². The van der Waals surface area contributed by atoms with Crippen molar-refractivity contribution in [3.05, 3.63) is 0 Å². The van der Waals surface area contributed by atoms with Crippen molar-refractivity contribution in [1.82, 2.24) is 44.8 Å². The first-order chi connectivity index (χ1) is 41.1. The average molecular weight is 1530 g/mol. The molecule has 7 atom stereocenters. The summed E-state index contributed by atoms with van der Waals surface area (Å²) in [5.41, 5.74) is 0. The second-order valence-corrected chi connectivity index (χ2v) is 22.5. The van der Waals surface area contributed by atoms with Gasteiger partial charge in [0.05, 0.1) is 37.1 Å². The largest absolute Gasteiger partial charge is 3.00 e. The number of nitrogens with zero attached hydrogens (tertiary/aromatic N) is 6. The summed E-state index contributed by atoms with van der Waals surface area (Å²) in [6, 6.07) is -2.99. The van der Waals surface area contributed by atoms with Crippen molar-refractivity contribution in [2.24, 2.45) is 0 Å². The Morgan fingerprint density at radius 1 is 0.582 bits per heavy atom. The number of piperazine rings is 1. The van der Waals surface area contributed by atoms with Crippen molar-refractivity contribution in [3.63, 3.8) is 0 Å². The number of carboxylic acid groups (broad SMARTS) is 3. The number of carbonyl (C=O) groups excluding carboxylic acids is 7. The number of nitrogens with one attached hydrogen (secondary N) is 3. The molecule has 3 saturated heterocycles. The number of sulfonamides is 1. The Morgan fingerprint density at radius 2 is 1.01 bits per heavy atom. The van der Waals surface area contributed by atoms with Gasteiger partial charge >= 0.3 is 86.9 Å². The molecule has 0 spiro atoms. The number of amides is 4. The average Bonchev–Trinajstić information content (AvgIpc) is 0.692. The predicted octanol–water partition coefficient (Wildman–Crippen LogP) is -6.01. The number of carboxylic acids is 3. The Labute approximate surface area is 536 Å². The molecule has 3 fully saturated rings. The van der Waals surface area contributed by atoms with Crippen LogP contribution in [-0.2, 0) is 53.1 Å². The fourth-order valence-electron chi connectivity index (χ4n) is 8.91. The number of unbranched alkanes of at least 4 members (excludes halogenated alkanes) is 1. The zero-order valence-corrected chi connectivity index (χ0v) is 50.1. The smallest absolute Gasteiger partial charge is 0.549 e. The number of rotatable bonds is 29. The van der Waals surface area contributed by atoms with E-state index >= 15 is 8.78 Å². The first-order valence-electron chi connectivity index (χ1n) is 26.4. The van der Waals surface area contributed by atoms with Crippen LogP contribution in [0.3, 0.4) is 0 Å². The molecule has 0 aromatic carbocycles. The van der Waals surface area contributed by atoms with E-state index in [1.807, 2.05) is 0 Å². The summed E-state index contributed by atoms with van der Waals surface area (Å²) in [6.07, 6.45) is -18.6. The summed E-state index contributed by atoms with van der Waals surface area (Å²) in [6.45, 7) is -10.1. The van der Waals surface area contributed by atoms with Crippen molar-refractivity contribution in [1.29, 1.82) is 0 Å². The van der Waals surface area contributed by atoms with E-state index in [4.69, 9.17) is 9.47 Å². The van der Waals surface area contributed by atoms with E-state index < -0.39 is 218 Å². The standard InChI is InChI=1S/C45H64F17N9O18S.Gd/c1-24(69-12-10-67(20-30(77)78)8-6-66(19-29(75)76)7-9-68(11-13-69)21-31(79)80)35(84)64-18-27(73)63-5-3-2-4-25(65-28(74)23-88-37-34(83)33(82)32(81)26(22-72)89-37)36(85)70-14-16-71(17-15-70)90(86,87)45(61,62)43(56,57)41(52,53)39(48,49)38(46,47)40(50,51)42(54,55)44(58,59)60;/h24-26,32-34,37,72,81-83H,2-23H2,1H3,(H,63,73)(H,64,84)(H,65,74)(H,75,76)(H,77,78)(H,79,80);/q;+3/p-3/t24?,25-,26+,32+,33-,34-,37-;/m0./s1. The third kappa shape index (κ3) is 19.6. The van der Waals surface area contributed by atoms with Crippen LogP contribution in [0.4, 0.5) is 74.6 Å². The van der Waals surface area contributed by atoms with Crippen LogP contribution >= 0.6 is 0 Å². The minimum absolute atomic E-state index is 0. The number of aliphatic hydroxyl groups excluding tert-OH is 4. The number of carbonyl (C=O) groups is 7. The first-order valence-corrected chi connectivity index (χ1v) is 27.8. The molecule has 0 bridgehead atoms. The number of aliphatic hydroxyl groups is 4. The Balaban J connectivity index is 0.0000282. The summed E-state index contributed by atoms with van der Waals surface area (Å²) >= 11 is 0. The van der Waals surface area contributed by atoms with Crippen LogP contribution in [-0.4, -0.2) is 313 Å². The Bertz CT molecular complexity index is 2580. The van der Waals surface area contributed by atoms with Gasteiger partial charge in [-0.05, 0) is 26.2 Å². The van der Waals surface area contributed by atoms with Crippen LogP contribution in [0.1, 0.15) is 26.2 Å². The SMILES string of the molecule is CC(C(=O)NCC(=O)NCCCC[C@H](NC(=O)CO[C@H]1O[C@H](CO)[C@@H](O)[C@H](O)[C@@H]1O)C(=O)N1CCN(S(=O)(=O)C(F)(F)C(F)(F)C(F)(F)C(F)(F)C(F)(F)C(F)(F)C(F)(F)C(F)(F)F)CC1)N1CCN(CC(=O)[O-])CCN(CC(=O)[O-])CCN(CC(=O)[O-])CC1.[Gd+3]. The van der Waals surface area contributed by atoms with E-state index in [0.717, 1.165) is 0 Å².